The Bertz CT molecular complexity index is 494. The third-order valence-corrected chi connectivity index (χ3v) is 6.67. The maximum atomic E-state index is 12.3. The Morgan fingerprint density at radius 2 is 2.19 bits per heavy atom. The SMILES string of the molecule is CC1CCCN(CC(=O)NC2(C)CCS(=O)(=O)C2)C1CN. The molecular weight excluding hydrogens is 290 g/mol. The fourth-order valence-electron chi connectivity index (χ4n) is 3.58. The first-order valence-electron chi connectivity index (χ1n) is 7.70. The van der Waals surface area contributed by atoms with Crippen molar-refractivity contribution in [2.75, 3.05) is 31.1 Å². The highest BCUT2D eigenvalue weighted by Gasteiger charge is 2.40. The van der Waals surface area contributed by atoms with Gasteiger partial charge in [-0.1, -0.05) is 6.92 Å². The van der Waals surface area contributed by atoms with Crippen LogP contribution in [0.3, 0.4) is 0 Å². The van der Waals surface area contributed by atoms with Crippen molar-refractivity contribution in [3.63, 3.8) is 0 Å². The average molecular weight is 317 g/mol. The molecule has 3 atom stereocenters. The van der Waals surface area contributed by atoms with Crippen LogP contribution in [0.25, 0.3) is 0 Å². The van der Waals surface area contributed by atoms with E-state index in [9.17, 15) is 13.2 Å². The molecular formula is C14H27N3O3S. The van der Waals surface area contributed by atoms with Crippen LogP contribution in [-0.4, -0.2) is 61.9 Å². The van der Waals surface area contributed by atoms with E-state index in [0.29, 0.717) is 25.4 Å². The molecule has 0 aromatic heterocycles. The Labute approximate surface area is 127 Å². The van der Waals surface area contributed by atoms with Gasteiger partial charge in [-0.3, -0.25) is 9.69 Å². The van der Waals surface area contributed by atoms with Crippen molar-refractivity contribution in [1.29, 1.82) is 0 Å². The Balaban J connectivity index is 1.92. The summed E-state index contributed by atoms with van der Waals surface area (Å²) in [5, 5.41) is 2.92. The van der Waals surface area contributed by atoms with Crippen molar-refractivity contribution in [3.8, 4) is 0 Å². The van der Waals surface area contributed by atoms with E-state index in [0.717, 1.165) is 19.4 Å². The summed E-state index contributed by atoms with van der Waals surface area (Å²) in [6.45, 7) is 5.73. The smallest absolute Gasteiger partial charge is 0.234 e. The standard InChI is InChI=1S/C14H27N3O3S/c1-11-4-3-6-17(12(11)8-15)9-13(18)16-14(2)5-7-21(19,20)10-14/h11-12H,3-10,15H2,1-2H3,(H,16,18). The predicted molar refractivity (Wildman–Crippen MR) is 82.6 cm³/mol. The number of piperidine rings is 1. The monoisotopic (exact) mass is 317 g/mol. The number of likely N-dealkylation sites (tertiary alicyclic amines) is 1. The molecule has 1 amide bonds. The minimum Gasteiger partial charge on any atom is -0.349 e. The summed E-state index contributed by atoms with van der Waals surface area (Å²) in [6.07, 6.45) is 2.73. The molecule has 2 aliphatic rings. The van der Waals surface area contributed by atoms with Crippen LogP contribution in [0.15, 0.2) is 0 Å². The molecule has 6 nitrogen and oxygen atoms in total. The Morgan fingerprint density at radius 3 is 2.76 bits per heavy atom. The van der Waals surface area contributed by atoms with Gasteiger partial charge in [0.05, 0.1) is 23.6 Å². The Hall–Kier alpha value is -0.660. The minimum absolute atomic E-state index is 0.0441. The van der Waals surface area contributed by atoms with Gasteiger partial charge in [0.1, 0.15) is 0 Å². The first kappa shape index (κ1) is 16.7. The number of carbonyl (C=O) groups excluding carboxylic acids is 1. The van der Waals surface area contributed by atoms with Crippen molar-refractivity contribution in [3.05, 3.63) is 0 Å². The van der Waals surface area contributed by atoms with Gasteiger partial charge in [0.15, 0.2) is 9.84 Å². The Morgan fingerprint density at radius 1 is 1.48 bits per heavy atom. The molecule has 0 bridgehead atoms. The van der Waals surface area contributed by atoms with Crippen LogP contribution in [0, 0.1) is 5.92 Å². The number of hydrogen-bond donors (Lipinski definition) is 2. The van der Waals surface area contributed by atoms with Gasteiger partial charge in [0.25, 0.3) is 0 Å². The van der Waals surface area contributed by atoms with Gasteiger partial charge in [-0.25, -0.2) is 8.42 Å². The number of nitrogens with one attached hydrogen (secondary N) is 1. The summed E-state index contributed by atoms with van der Waals surface area (Å²) in [5.41, 5.74) is 5.22. The second kappa shape index (κ2) is 6.22. The van der Waals surface area contributed by atoms with Crippen LogP contribution in [-0.2, 0) is 14.6 Å². The van der Waals surface area contributed by atoms with Crippen molar-refractivity contribution in [2.45, 2.75) is 44.7 Å². The molecule has 0 radical (unpaired) electrons. The summed E-state index contributed by atoms with van der Waals surface area (Å²) < 4.78 is 23.2. The molecule has 2 rings (SSSR count). The van der Waals surface area contributed by atoms with E-state index < -0.39 is 15.4 Å². The lowest BCUT2D eigenvalue weighted by Gasteiger charge is -2.39. The van der Waals surface area contributed by atoms with Crippen molar-refractivity contribution < 1.29 is 13.2 Å². The summed E-state index contributed by atoms with van der Waals surface area (Å²) in [7, 11) is -3.01. The highest BCUT2D eigenvalue weighted by Crippen LogP contribution is 2.24. The highest BCUT2D eigenvalue weighted by molar-refractivity contribution is 7.91. The van der Waals surface area contributed by atoms with E-state index in [1.165, 1.54) is 0 Å². The van der Waals surface area contributed by atoms with E-state index >= 15 is 0 Å². The molecule has 0 aliphatic carbocycles. The molecule has 2 aliphatic heterocycles. The van der Waals surface area contributed by atoms with Crippen LogP contribution in [0.2, 0.25) is 0 Å². The fraction of sp³-hybridized carbons (Fsp3) is 0.929. The molecule has 7 heteroatoms. The number of nitrogens with zero attached hydrogens (tertiary/aromatic N) is 1. The fourth-order valence-corrected chi connectivity index (χ4v) is 5.67. The zero-order chi connectivity index (χ0) is 15.7. The van der Waals surface area contributed by atoms with E-state index in [4.69, 9.17) is 5.73 Å². The second-order valence-electron chi connectivity index (χ2n) is 6.84. The average Bonchev–Trinajstić information content (AvgIpc) is 2.63. The number of carbonyl (C=O) groups is 1. The third kappa shape index (κ3) is 4.17. The number of amides is 1. The van der Waals surface area contributed by atoms with Gasteiger partial charge in [0, 0.05) is 12.6 Å². The molecule has 0 aromatic rings. The van der Waals surface area contributed by atoms with Crippen LogP contribution in [0.5, 0.6) is 0 Å². The van der Waals surface area contributed by atoms with Gasteiger partial charge in [-0.15, -0.1) is 0 Å². The summed E-state index contributed by atoms with van der Waals surface area (Å²) in [5.74, 6) is 0.611. The van der Waals surface area contributed by atoms with Gasteiger partial charge >= 0.3 is 0 Å². The maximum Gasteiger partial charge on any atom is 0.234 e. The van der Waals surface area contributed by atoms with Crippen LogP contribution in [0.4, 0.5) is 0 Å². The molecule has 3 unspecified atom stereocenters. The Kier molecular flexibility index (Phi) is 4.95. The van der Waals surface area contributed by atoms with Crippen molar-refractivity contribution in [2.24, 2.45) is 11.7 Å². The van der Waals surface area contributed by atoms with Crippen LogP contribution < -0.4 is 11.1 Å². The van der Waals surface area contributed by atoms with Gasteiger partial charge in [-0.2, -0.15) is 0 Å². The normalized spacial score (nSPS) is 36.5. The first-order chi connectivity index (χ1) is 9.75. The van der Waals surface area contributed by atoms with Crippen molar-refractivity contribution in [1.82, 2.24) is 10.2 Å². The van der Waals surface area contributed by atoms with Crippen molar-refractivity contribution >= 4 is 15.7 Å². The molecule has 3 N–H and O–H groups in total. The van der Waals surface area contributed by atoms with Crippen LogP contribution >= 0.6 is 0 Å². The van der Waals surface area contributed by atoms with Crippen LogP contribution in [0.1, 0.15) is 33.1 Å². The summed E-state index contributed by atoms with van der Waals surface area (Å²) in [6, 6.07) is 0.240. The largest absolute Gasteiger partial charge is 0.349 e. The van der Waals surface area contributed by atoms with Gasteiger partial charge in [-0.05, 0) is 38.6 Å². The summed E-state index contributed by atoms with van der Waals surface area (Å²) >= 11 is 0. The molecule has 2 saturated heterocycles. The third-order valence-electron chi connectivity index (χ3n) is 4.76. The quantitative estimate of drug-likeness (QED) is 0.745. The van der Waals surface area contributed by atoms with E-state index in [2.05, 4.69) is 17.1 Å². The lowest BCUT2D eigenvalue weighted by atomic mass is 9.91. The molecule has 0 spiro atoms. The zero-order valence-electron chi connectivity index (χ0n) is 13.0. The maximum absolute atomic E-state index is 12.3. The zero-order valence-corrected chi connectivity index (χ0v) is 13.8. The molecule has 0 saturated carbocycles. The minimum atomic E-state index is -3.01. The van der Waals surface area contributed by atoms with Gasteiger partial charge < -0.3 is 11.1 Å². The lowest BCUT2D eigenvalue weighted by Crippen LogP contribution is -2.55. The first-order valence-corrected chi connectivity index (χ1v) is 9.52. The predicted octanol–water partition coefficient (Wildman–Crippen LogP) is -0.261. The molecule has 0 aromatic carbocycles. The topological polar surface area (TPSA) is 92.5 Å². The van der Waals surface area contributed by atoms with E-state index in [1.54, 1.807) is 0 Å². The molecule has 21 heavy (non-hydrogen) atoms. The van der Waals surface area contributed by atoms with E-state index in [1.807, 2.05) is 6.92 Å². The molecule has 2 heterocycles. The summed E-state index contributed by atoms with van der Waals surface area (Å²) in [4.78, 5) is 14.4. The van der Waals surface area contributed by atoms with Gasteiger partial charge in [0.2, 0.25) is 5.91 Å². The number of hydrogen-bond acceptors (Lipinski definition) is 5. The number of nitrogens with two attached hydrogens (primary N) is 1. The molecule has 2 fully saturated rings. The number of sulfone groups is 1. The second-order valence-corrected chi connectivity index (χ2v) is 9.03. The highest BCUT2D eigenvalue weighted by atomic mass is 32.2. The lowest BCUT2D eigenvalue weighted by molar-refractivity contribution is -0.125. The number of rotatable bonds is 4. The van der Waals surface area contributed by atoms with E-state index in [-0.39, 0.29) is 23.5 Å². The molecule has 122 valence electrons.